The number of rotatable bonds is 6. The van der Waals surface area contributed by atoms with Crippen LogP contribution >= 0.6 is 0 Å². The third-order valence-electron chi connectivity index (χ3n) is 4.96. The van der Waals surface area contributed by atoms with Crippen molar-refractivity contribution in [1.29, 1.82) is 0 Å². The van der Waals surface area contributed by atoms with Crippen molar-refractivity contribution in [3.63, 3.8) is 0 Å². The average molecular weight is 383 g/mol. The molecule has 2 rings (SSSR count). The van der Waals surface area contributed by atoms with E-state index in [1.807, 2.05) is 61.5 Å². The minimum Gasteiger partial charge on any atom is -0.539 e. The number of hydrogen-bond acceptors (Lipinski definition) is 3. The molecule has 3 nitrogen and oxygen atoms in total. The maximum atomic E-state index is 12.8. The van der Waals surface area contributed by atoms with Crippen molar-refractivity contribution in [2.75, 3.05) is 0 Å². The highest BCUT2D eigenvalue weighted by Crippen LogP contribution is 2.38. The van der Waals surface area contributed by atoms with Gasteiger partial charge in [0, 0.05) is 0 Å². The fraction of sp³-hybridized carbons (Fsp3) is 0.348. The number of aryl methyl sites for hydroxylation is 1. The molecule has 0 fully saturated rings. The molecule has 0 unspecified atom stereocenters. The number of carbonyl (C=O) groups is 1. The molecular formula is C23H30O3Si. The Morgan fingerprint density at radius 1 is 1.00 bits per heavy atom. The molecule has 0 aliphatic carbocycles. The molecule has 27 heavy (non-hydrogen) atoms. The van der Waals surface area contributed by atoms with E-state index >= 15 is 0 Å². The highest BCUT2D eigenvalue weighted by atomic mass is 28.4. The first-order chi connectivity index (χ1) is 12.6. The summed E-state index contributed by atoms with van der Waals surface area (Å²) in [6.45, 7) is 13.0. The standard InChI is InChI=1S/C23H30O3Si/c1-18-12-14-19(15-13-18)16-21(26-27(5,6)23(2,3)4)22(24)25-17-20-10-8-7-9-11-20/h7-16H,17H2,1-6H3/b21-16-. The number of ether oxygens (including phenoxy) is 1. The molecule has 2 aromatic carbocycles. The Hall–Kier alpha value is -2.33. The summed E-state index contributed by atoms with van der Waals surface area (Å²) in [5.74, 6) is -0.148. The monoisotopic (exact) mass is 382 g/mol. The zero-order chi connectivity index (χ0) is 20.1. The van der Waals surface area contributed by atoms with E-state index in [0.717, 1.165) is 11.1 Å². The lowest BCUT2D eigenvalue weighted by Gasteiger charge is -2.36. The first-order valence-electron chi connectivity index (χ1n) is 9.27. The van der Waals surface area contributed by atoms with Crippen LogP contribution in [0.1, 0.15) is 37.5 Å². The summed E-state index contributed by atoms with van der Waals surface area (Å²) >= 11 is 0. The van der Waals surface area contributed by atoms with Crippen LogP contribution < -0.4 is 0 Å². The van der Waals surface area contributed by atoms with Gasteiger partial charge in [-0.3, -0.25) is 0 Å². The van der Waals surface area contributed by atoms with E-state index in [4.69, 9.17) is 9.16 Å². The molecule has 4 heteroatoms. The van der Waals surface area contributed by atoms with Gasteiger partial charge in [-0.15, -0.1) is 0 Å². The van der Waals surface area contributed by atoms with E-state index in [0.29, 0.717) is 0 Å². The normalized spacial score (nSPS) is 12.6. The molecule has 144 valence electrons. The van der Waals surface area contributed by atoms with E-state index in [1.165, 1.54) is 5.56 Å². The Bertz CT molecular complexity index is 785. The van der Waals surface area contributed by atoms with Gasteiger partial charge >= 0.3 is 5.97 Å². The quantitative estimate of drug-likeness (QED) is 0.262. The Morgan fingerprint density at radius 3 is 2.15 bits per heavy atom. The zero-order valence-corrected chi connectivity index (χ0v) is 18.2. The molecule has 0 heterocycles. The Kier molecular flexibility index (Phi) is 6.66. The third kappa shape index (κ3) is 6.10. The van der Waals surface area contributed by atoms with Crippen LogP contribution in [0.15, 0.2) is 60.4 Å². The van der Waals surface area contributed by atoms with Crippen molar-refractivity contribution in [2.45, 2.75) is 52.4 Å². The second-order valence-electron chi connectivity index (χ2n) is 8.34. The van der Waals surface area contributed by atoms with E-state index in [2.05, 4.69) is 33.9 Å². The van der Waals surface area contributed by atoms with Crippen molar-refractivity contribution in [3.8, 4) is 0 Å². The topological polar surface area (TPSA) is 35.5 Å². The molecule has 0 radical (unpaired) electrons. The van der Waals surface area contributed by atoms with Gasteiger partial charge in [0.25, 0.3) is 8.32 Å². The van der Waals surface area contributed by atoms with Crippen molar-refractivity contribution < 1.29 is 14.0 Å². The van der Waals surface area contributed by atoms with Gasteiger partial charge in [0.15, 0.2) is 5.76 Å². The predicted octanol–water partition coefficient (Wildman–Crippen LogP) is 6.10. The summed E-state index contributed by atoms with van der Waals surface area (Å²) in [7, 11) is -2.17. The van der Waals surface area contributed by atoms with Crippen LogP contribution in [0.3, 0.4) is 0 Å². The molecule has 0 spiro atoms. The zero-order valence-electron chi connectivity index (χ0n) is 17.2. The fourth-order valence-electron chi connectivity index (χ4n) is 2.17. The summed E-state index contributed by atoms with van der Waals surface area (Å²) < 4.78 is 11.8. The van der Waals surface area contributed by atoms with Crippen LogP contribution in [0, 0.1) is 6.92 Å². The minimum absolute atomic E-state index is 0.0148. The van der Waals surface area contributed by atoms with Gasteiger partial charge in [-0.25, -0.2) is 4.79 Å². The number of carbonyl (C=O) groups excluding carboxylic acids is 1. The summed E-state index contributed by atoms with van der Waals surface area (Å²) in [5, 5.41) is -0.0148. The number of benzene rings is 2. The molecule has 0 saturated heterocycles. The summed E-state index contributed by atoms with van der Waals surface area (Å²) in [5.41, 5.74) is 3.05. The minimum atomic E-state index is -2.17. The Labute approximate surface area is 164 Å². The first-order valence-corrected chi connectivity index (χ1v) is 12.2. The van der Waals surface area contributed by atoms with E-state index in [-0.39, 0.29) is 17.4 Å². The van der Waals surface area contributed by atoms with Crippen molar-refractivity contribution in [3.05, 3.63) is 77.0 Å². The van der Waals surface area contributed by atoms with Crippen LogP contribution in [0.4, 0.5) is 0 Å². The van der Waals surface area contributed by atoms with Crippen LogP contribution in [-0.4, -0.2) is 14.3 Å². The summed E-state index contributed by atoms with van der Waals surface area (Å²) in [4.78, 5) is 12.8. The molecule has 0 aromatic heterocycles. The molecular weight excluding hydrogens is 352 g/mol. The van der Waals surface area contributed by atoms with Gasteiger partial charge < -0.3 is 9.16 Å². The molecule has 0 bridgehead atoms. The lowest BCUT2D eigenvalue weighted by atomic mass is 10.1. The van der Waals surface area contributed by atoms with Crippen molar-refractivity contribution in [1.82, 2.24) is 0 Å². The molecule has 2 aromatic rings. The van der Waals surface area contributed by atoms with Gasteiger partial charge in [0.2, 0.25) is 0 Å². The van der Waals surface area contributed by atoms with E-state index < -0.39 is 14.3 Å². The second kappa shape index (κ2) is 8.57. The third-order valence-corrected chi connectivity index (χ3v) is 9.30. The predicted molar refractivity (Wildman–Crippen MR) is 114 cm³/mol. The van der Waals surface area contributed by atoms with Gasteiger partial charge in [0.05, 0.1) is 0 Å². The lowest BCUT2D eigenvalue weighted by molar-refractivity contribution is -0.142. The van der Waals surface area contributed by atoms with Gasteiger partial charge in [-0.1, -0.05) is 80.9 Å². The smallest absolute Gasteiger partial charge is 0.372 e. The Balaban J connectivity index is 2.25. The lowest BCUT2D eigenvalue weighted by Crippen LogP contribution is -2.41. The summed E-state index contributed by atoms with van der Waals surface area (Å²) in [6.07, 6.45) is 1.78. The van der Waals surface area contributed by atoms with Crippen LogP contribution in [0.5, 0.6) is 0 Å². The highest BCUT2D eigenvalue weighted by molar-refractivity contribution is 6.74. The fourth-order valence-corrected chi connectivity index (χ4v) is 3.16. The SMILES string of the molecule is Cc1ccc(/C=C(\O[Si](C)(C)C(C)(C)C)C(=O)OCc2ccccc2)cc1. The van der Waals surface area contributed by atoms with Crippen LogP contribution in [0.25, 0.3) is 6.08 Å². The van der Waals surface area contributed by atoms with E-state index in [1.54, 1.807) is 6.08 Å². The van der Waals surface area contributed by atoms with Gasteiger partial charge in [-0.05, 0) is 42.3 Å². The maximum absolute atomic E-state index is 12.8. The highest BCUT2D eigenvalue weighted by Gasteiger charge is 2.40. The van der Waals surface area contributed by atoms with E-state index in [9.17, 15) is 4.79 Å². The Morgan fingerprint density at radius 2 is 1.59 bits per heavy atom. The largest absolute Gasteiger partial charge is 0.539 e. The molecule has 0 atom stereocenters. The number of esters is 1. The summed E-state index contributed by atoms with van der Waals surface area (Å²) in [6, 6.07) is 17.7. The molecule has 0 N–H and O–H groups in total. The first kappa shape index (κ1) is 21.0. The molecule has 0 amide bonds. The second-order valence-corrected chi connectivity index (χ2v) is 13.1. The molecule has 0 aliphatic rings. The van der Waals surface area contributed by atoms with Crippen molar-refractivity contribution in [2.24, 2.45) is 0 Å². The average Bonchev–Trinajstić information content (AvgIpc) is 2.60. The van der Waals surface area contributed by atoms with Gasteiger partial charge in [0.1, 0.15) is 6.61 Å². The van der Waals surface area contributed by atoms with Crippen LogP contribution in [0.2, 0.25) is 18.1 Å². The van der Waals surface area contributed by atoms with Crippen LogP contribution in [-0.2, 0) is 20.6 Å². The van der Waals surface area contributed by atoms with Gasteiger partial charge in [-0.2, -0.15) is 0 Å². The molecule has 0 aliphatic heterocycles. The van der Waals surface area contributed by atoms with Crippen molar-refractivity contribution >= 4 is 20.4 Å². The molecule has 0 saturated carbocycles. The maximum Gasteiger partial charge on any atom is 0.372 e. The number of hydrogen-bond donors (Lipinski definition) is 0.